The van der Waals surface area contributed by atoms with Crippen LogP contribution in [0.5, 0.6) is 0 Å². The smallest absolute Gasteiger partial charge is 0.267 e. The third kappa shape index (κ3) is 2.41. The Morgan fingerprint density at radius 1 is 1.00 bits per heavy atom. The zero-order chi connectivity index (χ0) is 15.0. The normalized spacial score (nSPS) is 15.2. The van der Waals surface area contributed by atoms with Crippen LogP contribution in [0.2, 0.25) is 0 Å². The van der Waals surface area contributed by atoms with E-state index in [2.05, 4.69) is 21.2 Å². The van der Waals surface area contributed by atoms with Crippen LogP contribution < -0.4 is 5.32 Å². The quantitative estimate of drug-likeness (QED) is 0.890. The lowest BCUT2D eigenvalue weighted by molar-refractivity contribution is -0.112. The monoisotopic (exact) mass is 363 g/mol. The third-order valence-electron chi connectivity index (χ3n) is 3.12. The van der Waals surface area contributed by atoms with E-state index in [9.17, 15) is 13.2 Å². The minimum Gasteiger partial charge on any atom is -0.321 e. The highest BCUT2D eigenvalue weighted by Gasteiger charge is 2.35. The summed E-state index contributed by atoms with van der Waals surface area (Å²) in [6, 6.07) is 13.6. The fourth-order valence-corrected chi connectivity index (χ4v) is 4.25. The van der Waals surface area contributed by atoms with Gasteiger partial charge in [-0.25, -0.2) is 8.42 Å². The van der Waals surface area contributed by atoms with E-state index in [0.717, 1.165) is 0 Å². The summed E-state index contributed by atoms with van der Waals surface area (Å²) in [5.74, 6) is -0.635. The third-order valence-corrected chi connectivity index (χ3v) is 5.63. The predicted octanol–water partition coefficient (Wildman–Crippen LogP) is 3.22. The molecule has 1 aliphatic rings. The predicted molar refractivity (Wildman–Crippen MR) is 84.4 cm³/mol. The molecule has 2 aromatic carbocycles. The van der Waals surface area contributed by atoms with Crippen molar-refractivity contribution in [1.29, 1.82) is 0 Å². The molecule has 1 N–H and O–H groups in total. The van der Waals surface area contributed by atoms with Crippen LogP contribution in [-0.2, 0) is 14.6 Å². The van der Waals surface area contributed by atoms with Gasteiger partial charge in [0.2, 0.25) is 9.84 Å². The van der Waals surface area contributed by atoms with Gasteiger partial charge in [-0.1, -0.05) is 40.2 Å². The average molecular weight is 364 g/mol. The van der Waals surface area contributed by atoms with E-state index in [1.807, 2.05) is 6.07 Å². The van der Waals surface area contributed by atoms with Crippen LogP contribution in [0.1, 0.15) is 5.56 Å². The maximum absolute atomic E-state index is 12.4. The zero-order valence-corrected chi connectivity index (χ0v) is 13.1. The molecule has 1 aliphatic heterocycles. The number of fused-ring (bicyclic) bond motifs is 1. The largest absolute Gasteiger partial charge is 0.321 e. The van der Waals surface area contributed by atoms with Crippen molar-refractivity contribution in [1.82, 2.24) is 0 Å². The number of halogens is 1. The van der Waals surface area contributed by atoms with Gasteiger partial charge < -0.3 is 5.32 Å². The van der Waals surface area contributed by atoms with Gasteiger partial charge in [0.05, 0.1) is 4.90 Å². The average Bonchev–Trinajstić information content (AvgIpc) is 2.73. The number of carbonyl (C=O) groups excluding carboxylic acids is 1. The Morgan fingerprint density at radius 2 is 1.71 bits per heavy atom. The molecule has 106 valence electrons. The second-order valence-electron chi connectivity index (χ2n) is 4.48. The van der Waals surface area contributed by atoms with E-state index in [0.29, 0.717) is 15.7 Å². The summed E-state index contributed by atoms with van der Waals surface area (Å²) >= 11 is 3.30. The van der Waals surface area contributed by atoms with Crippen LogP contribution >= 0.6 is 15.9 Å². The van der Waals surface area contributed by atoms with Gasteiger partial charge in [0.25, 0.3) is 5.91 Å². The van der Waals surface area contributed by atoms with Crippen molar-refractivity contribution in [2.24, 2.45) is 0 Å². The molecule has 0 aromatic heterocycles. The first-order chi connectivity index (χ1) is 10.00. The molecule has 1 heterocycles. The number of para-hydroxylation sites is 1. The number of rotatable bonds is 2. The SMILES string of the molecule is O=C(Nc1ccccc1)C1=Cc2c(Br)cccc2S1(=O)=O. The zero-order valence-electron chi connectivity index (χ0n) is 10.7. The lowest BCUT2D eigenvalue weighted by Crippen LogP contribution is -2.18. The molecule has 3 rings (SSSR count). The van der Waals surface area contributed by atoms with Gasteiger partial charge in [-0.2, -0.15) is 0 Å². The summed E-state index contributed by atoms with van der Waals surface area (Å²) in [6.45, 7) is 0. The Labute approximate surface area is 130 Å². The van der Waals surface area contributed by atoms with Gasteiger partial charge in [-0.05, 0) is 30.3 Å². The highest BCUT2D eigenvalue weighted by atomic mass is 79.9. The van der Waals surface area contributed by atoms with Crippen LogP contribution in [-0.4, -0.2) is 14.3 Å². The van der Waals surface area contributed by atoms with Crippen molar-refractivity contribution in [3.05, 3.63) is 63.5 Å². The Bertz CT molecular complexity index is 858. The van der Waals surface area contributed by atoms with E-state index >= 15 is 0 Å². The number of benzene rings is 2. The minimum atomic E-state index is -3.77. The van der Waals surface area contributed by atoms with Crippen LogP contribution in [0.4, 0.5) is 5.69 Å². The molecule has 0 atom stereocenters. The van der Waals surface area contributed by atoms with Crippen molar-refractivity contribution in [2.75, 3.05) is 5.32 Å². The van der Waals surface area contributed by atoms with E-state index in [1.165, 1.54) is 12.1 Å². The molecule has 0 saturated heterocycles. The molecule has 0 fully saturated rings. The summed E-state index contributed by atoms with van der Waals surface area (Å²) in [6.07, 6.45) is 1.40. The molecule has 0 spiro atoms. The highest BCUT2D eigenvalue weighted by Crippen LogP contribution is 2.37. The lowest BCUT2D eigenvalue weighted by atomic mass is 10.2. The van der Waals surface area contributed by atoms with Gasteiger partial charge in [0, 0.05) is 15.7 Å². The summed E-state index contributed by atoms with van der Waals surface area (Å²) < 4.78 is 25.5. The van der Waals surface area contributed by atoms with Gasteiger partial charge in [-0.15, -0.1) is 0 Å². The van der Waals surface area contributed by atoms with Gasteiger partial charge in [-0.3, -0.25) is 4.79 Å². The first kappa shape index (κ1) is 14.0. The van der Waals surface area contributed by atoms with E-state index in [1.54, 1.807) is 36.4 Å². The van der Waals surface area contributed by atoms with Crippen LogP contribution in [0.15, 0.2) is 62.8 Å². The summed E-state index contributed by atoms with van der Waals surface area (Å²) in [4.78, 5) is 12.1. The Hall–Kier alpha value is -1.92. The molecule has 0 aliphatic carbocycles. The Balaban J connectivity index is 1.99. The minimum absolute atomic E-state index is 0.148. The first-order valence-corrected chi connectivity index (χ1v) is 8.39. The molecule has 21 heavy (non-hydrogen) atoms. The van der Waals surface area contributed by atoms with E-state index < -0.39 is 15.7 Å². The molecule has 0 saturated carbocycles. The number of amides is 1. The van der Waals surface area contributed by atoms with Crippen LogP contribution in [0, 0.1) is 0 Å². The Kier molecular flexibility index (Phi) is 3.43. The first-order valence-electron chi connectivity index (χ1n) is 6.12. The maximum atomic E-state index is 12.4. The molecule has 0 unspecified atom stereocenters. The van der Waals surface area contributed by atoms with Crippen molar-refractivity contribution in [3.8, 4) is 0 Å². The second-order valence-corrected chi connectivity index (χ2v) is 7.22. The molecular weight excluding hydrogens is 354 g/mol. The number of anilines is 1. The topological polar surface area (TPSA) is 63.2 Å². The molecule has 1 amide bonds. The molecule has 4 nitrogen and oxygen atoms in total. The molecule has 2 aromatic rings. The number of nitrogens with one attached hydrogen (secondary N) is 1. The summed E-state index contributed by atoms with van der Waals surface area (Å²) in [5.41, 5.74) is 1.06. The Morgan fingerprint density at radius 3 is 2.38 bits per heavy atom. The highest BCUT2D eigenvalue weighted by molar-refractivity contribution is 9.10. The van der Waals surface area contributed by atoms with Crippen molar-refractivity contribution in [3.63, 3.8) is 0 Å². The number of hydrogen-bond acceptors (Lipinski definition) is 3. The molecule has 0 radical (unpaired) electrons. The van der Waals surface area contributed by atoms with Crippen molar-refractivity contribution < 1.29 is 13.2 Å². The standard InChI is InChI=1S/C15H10BrNO3S/c16-12-7-4-8-13-11(12)9-14(21(13,19)20)15(18)17-10-5-2-1-3-6-10/h1-9H,(H,17,18). The second kappa shape index (κ2) is 5.13. The number of hydrogen-bond donors (Lipinski definition) is 1. The molecular formula is C15H10BrNO3S. The fourth-order valence-electron chi connectivity index (χ4n) is 2.12. The number of carbonyl (C=O) groups is 1. The maximum Gasteiger partial charge on any atom is 0.267 e. The van der Waals surface area contributed by atoms with Crippen molar-refractivity contribution in [2.45, 2.75) is 4.90 Å². The van der Waals surface area contributed by atoms with E-state index in [4.69, 9.17) is 0 Å². The number of sulfone groups is 1. The van der Waals surface area contributed by atoms with Crippen molar-refractivity contribution >= 4 is 43.4 Å². The van der Waals surface area contributed by atoms with Gasteiger partial charge >= 0.3 is 0 Å². The lowest BCUT2D eigenvalue weighted by Gasteiger charge is -2.06. The van der Waals surface area contributed by atoms with Gasteiger partial charge in [0.1, 0.15) is 4.91 Å². The van der Waals surface area contributed by atoms with Crippen LogP contribution in [0.3, 0.4) is 0 Å². The van der Waals surface area contributed by atoms with Gasteiger partial charge in [0.15, 0.2) is 0 Å². The molecule has 0 bridgehead atoms. The fraction of sp³-hybridized carbons (Fsp3) is 0. The van der Waals surface area contributed by atoms with E-state index in [-0.39, 0.29) is 9.80 Å². The van der Waals surface area contributed by atoms with Crippen LogP contribution in [0.25, 0.3) is 6.08 Å². The summed E-state index contributed by atoms with van der Waals surface area (Å²) in [7, 11) is -3.77. The molecule has 6 heteroatoms. The summed E-state index contributed by atoms with van der Waals surface area (Å²) in [5, 5.41) is 2.59.